The summed E-state index contributed by atoms with van der Waals surface area (Å²) in [7, 11) is 0. The predicted molar refractivity (Wildman–Crippen MR) is 69.3 cm³/mol. The molecule has 0 saturated heterocycles. The molecule has 90 valence electrons. The third-order valence-electron chi connectivity index (χ3n) is 3.48. The maximum Gasteiger partial charge on any atom is 0.161 e. The molecule has 1 nitrogen and oxygen atoms in total. The molecule has 0 aromatic heterocycles. The number of hydrogen-bond donors (Lipinski definition) is 0. The SMILES string of the molecule is C=C(C)CCC1=C(C(C)C)CC[C@@H](C)C1=O. The number of carbonyl (C=O) groups excluding carboxylic acids is 1. The summed E-state index contributed by atoms with van der Waals surface area (Å²) in [4.78, 5) is 12.2. The largest absolute Gasteiger partial charge is 0.294 e. The van der Waals surface area contributed by atoms with E-state index in [4.69, 9.17) is 0 Å². The molecule has 0 unspecified atom stereocenters. The van der Waals surface area contributed by atoms with Crippen molar-refractivity contribution in [2.24, 2.45) is 11.8 Å². The highest BCUT2D eigenvalue weighted by Crippen LogP contribution is 2.33. The minimum atomic E-state index is 0.225. The summed E-state index contributed by atoms with van der Waals surface area (Å²) in [5.74, 6) is 1.12. The first kappa shape index (κ1) is 13.2. The molecule has 1 heteroatoms. The Balaban J connectivity index is 2.91. The van der Waals surface area contributed by atoms with Crippen molar-refractivity contribution in [1.82, 2.24) is 0 Å². The Kier molecular flexibility index (Phi) is 4.52. The second-order valence-electron chi connectivity index (χ2n) is 5.42. The van der Waals surface area contributed by atoms with Crippen LogP contribution < -0.4 is 0 Å². The molecule has 0 aromatic carbocycles. The van der Waals surface area contributed by atoms with Gasteiger partial charge in [0.25, 0.3) is 0 Å². The number of carbonyl (C=O) groups is 1. The van der Waals surface area contributed by atoms with Crippen LogP contribution in [0.25, 0.3) is 0 Å². The van der Waals surface area contributed by atoms with Crippen molar-refractivity contribution < 1.29 is 4.79 Å². The molecule has 0 heterocycles. The molecular formula is C15H24O. The standard InChI is InChI=1S/C15H24O/c1-10(2)6-8-14-13(11(3)4)9-7-12(5)15(14)16/h11-12H,1,6-9H2,2-5H3/t12-/m1/s1. The summed E-state index contributed by atoms with van der Waals surface area (Å²) in [5, 5.41) is 0. The lowest BCUT2D eigenvalue weighted by molar-refractivity contribution is -0.119. The third-order valence-corrected chi connectivity index (χ3v) is 3.48. The highest BCUT2D eigenvalue weighted by atomic mass is 16.1. The first-order valence-electron chi connectivity index (χ1n) is 6.34. The monoisotopic (exact) mass is 220 g/mol. The Morgan fingerprint density at radius 1 is 1.50 bits per heavy atom. The van der Waals surface area contributed by atoms with Crippen molar-refractivity contribution in [3.05, 3.63) is 23.3 Å². The fraction of sp³-hybridized carbons (Fsp3) is 0.667. The molecule has 0 aromatic rings. The van der Waals surface area contributed by atoms with Gasteiger partial charge in [0.05, 0.1) is 0 Å². The van der Waals surface area contributed by atoms with Gasteiger partial charge in [0.2, 0.25) is 0 Å². The van der Waals surface area contributed by atoms with E-state index in [1.807, 2.05) is 6.92 Å². The fourth-order valence-electron chi connectivity index (χ4n) is 2.37. The minimum Gasteiger partial charge on any atom is -0.294 e. The fourth-order valence-corrected chi connectivity index (χ4v) is 2.37. The molecule has 1 aliphatic carbocycles. The summed E-state index contributed by atoms with van der Waals surface area (Å²) >= 11 is 0. The molecule has 0 amide bonds. The van der Waals surface area contributed by atoms with E-state index in [0.717, 1.165) is 31.3 Å². The van der Waals surface area contributed by atoms with Crippen LogP contribution in [-0.4, -0.2) is 5.78 Å². The van der Waals surface area contributed by atoms with Gasteiger partial charge in [-0.2, -0.15) is 0 Å². The van der Waals surface area contributed by atoms with Gasteiger partial charge in [-0.3, -0.25) is 4.79 Å². The van der Waals surface area contributed by atoms with E-state index in [2.05, 4.69) is 27.4 Å². The van der Waals surface area contributed by atoms with Gasteiger partial charge in [-0.25, -0.2) is 0 Å². The van der Waals surface area contributed by atoms with Crippen LogP contribution >= 0.6 is 0 Å². The molecule has 0 saturated carbocycles. The average Bonchev–Trinajstić information content (AvgIpc) is 2.19. The molecule has 1 rings (SSSR count). The van der Waals surface area contributed by atoms with Crippen LogP contribution in [0.2, 0.25) is 0 Å². The summed E-state index contributed by atoms with van der Waals surface area (Å²) < 4.78 is 0. The Hall–Kier alpha value is -0.850. The Morgan fingerprint density at radius 3 is 2.62 bits per heavy atom. The number of hydrogen-bond acceptors (Lipinski definition) is 1. The minimum absolute atomic E-state index is 0.225. The van der Waals surface area contributed by atoms with Crippen LogP contribution in [0.15, 0.2) is 23.3 Å². The van der Waals surface area contributed by atoms with Gasteiger partial charge in [-0.05, 0) is 44.1 Å². The van der Waals surface area contributed by atoms with Crippen molar-refractivity contribution in [2.75, 3.05) is 0 Å². The average molecular weight is 220 g/mol. The van der Waals surface area contributed by atoms with Gasteiger partial charge in [0.1, 0.15) is 0 Å². The number of ketones is 1. The highest BCUT2D eigenvalue weighted by molar-refractivity contribution is 5.98. The van der Waals surface area contributed by atoms with E-state index in [-0.39, 0.29) is 5.92 Å². The lowest BCUT2D eigenvalue weighted by atomic mass is 9.78. The second-order valence-corrected chi connectivity index (χ2v) is 5.42. The molecule has 0 N–H and O–H groups in total. The first-order chi connectivity index (χ1) is 7.43. The van der Waals surface area contributed by atoms with E-state index >= 15 is 0 Å². The van der Waals surface area contributed by atoms with Gasteiger partial charge in [-0.1, -0.05) is 31.9 Å². The predicted octanol–water partition coefficient (Wildman–Crippen LogP) is 4.29. The second kappa shape index (κ2) is 5.47. The molecule has 0 aliphatic heterocycles. The Morgan fingerprint density at radius 2 is 2.12 bits per heavy atom. The van der Waals surface area contributed by atoms with Crippen LogP contribution in [0.4, 0.5) is 0 Å². The zero-order valence-corrected chi connectivity index (χ0v) is 11.1. The van der Waals surface area contributed by atoms with Gasteiger partial charge < -0.3 is 0 Å². The van der Waals surface area contributed by atoms with Crippen molar-refractivity contribution in [1.29, 1.82) is 0 Å². The maximum absolute atomic E-state index is 12.2. The normalized spacial score (nSPS) is 21.8. The molecule has 1 atom stereocenters. The lowest BCUT2D eigenvalue weighted by Crippen LogP contribution is -2.22. The van der Waals surface area contributed by atoms with Crippen LogP contribution in [0.3, 0.4) is 0 Å². The third kappa shape index (κ3) is 3.07. The number of rotatable bonds is 4. The van der Waals surface area contributed by atoms with Crippen LogP contribution in [-0.2, 0) is 4.79 Å². The van der Waals surface area contributed by atoms with Crippen LogP contribution in [0.1, 0.15) is 53.4 Å². The Bertz CT molecular complexity index is 320. The van der Waals surface area contributed by atoms with E-state index in [9.17, 15) is 4.79 Å². The molecule has 1 aliphatic rings. The zero-order chi connectivity index (χ0) is 12.3. The Labute approximate surface area is 99.6 Å². The topological polar surface area (TPSA) is 17.1 Å². The van der Waals surface area contributed by atoms with Gasteiger partial charge >= 0.3 is 0 Å². The lowest BCUT2D eigenvalue weighted by Gasteiger charge is -2.26. The molecule has 0 radical (unpaired) electrons. The summed E-state index contributed by atoms with van der Waals surface area (Å²) in [6, 6.07) is 0. The van der Waals surface area contributed by atoms with Gasteiger partial charge in [0, 0.05) is 5.92 Å². The molecule has 16 heavy (non-hydrogen) atoms. The molecule has 0 spiro atoms. The summed E-state index contributed by atoms with van der Waals surface area (Å²) in [5.41, 5.74) is 3.67. The van der Waals surface area contributed by atoms with E-state index in [0.29, 0.717) is 11.7 Å². The summed E-state index contributed by atoms with van der Waals surface area (Å²) in [6.45, 7) is 12.4. The maximum atomic E-state index is 12.2. The van der Waals surface area contributed by atoms with Gasteiger partial charge in [0.15, 0.2) is 5.78 Å². The van der Waals surface area contributed by atoms with Crippen molar-refractivity contribution in [3.63, 3.8) is 0 Å². The first-order valence-corrected chi connectivity index (χ1v) is 6.34. The van der Waals surface area contributed by atoms with Gasteiger partial charge in [-0.15, -0.1) is 6.58 Å². The van der Waals surface area contributed by atoms with Crippen LogP contribution in [0.5, 0.6) is 0 Å². The van der Waals surface area contributed by atoms with Crippen LogP contribution in [0, 0.1) is 11.8 Å². The zero-order valence-electron chi connectivity index (χ0n) is 11.1. The van der Waals surface area contributed by atoms with Crippen molar-refractivity contribution >= 4 is 5.78 Å². The number of Topliss-reactive ketones (excluding diaryl/α,β-unsaturated/α-hetero) is 1. The van der Waals surface area contributed by atoms with Crippen molar-refractivity contribution in [2.45, 2.75) is 53.4 Å². The van der Waals surface area contributed by atoms with Crippen molar-refractivity contribution in [3.8, 4) is 0 Å². The molecule has 0 bridgehead atoms. The smallest absolute Gasteiger partial charge is 0.161 e. The van der Waals surface area contributed by atoms with E-state index in [1.165, 1.54) is 11.1 Å². The van der Waals surface area contributed by atoms with E-state index < -0.39 is 0 Å². The highest BCUT2D eigenvalue weighted by Gasteiger charge is 2.26. The molecular weight excluding hydrogens is 196 g/mol. The number of allylic oxidation sites excluding steroid dienone is 3. The van der Waals surface area contributed by atoms with E-state index in [1.54, 1.807) is 0 Å². The quantitative estimate of drug-likeness (QED) is 0.646. The molecule has 0 fully saturated rings. The summed E-state index contributed by atoms with van der Waals surface area (Å²) in [6.07, 6.45) is 3.98.